The minimum absolute atomic E-state index is 0.0834. The van der Waals surface area contributed by atoms with Crippen LogP contribution in [0.1, 0.15) is 44.2 Å². The fourth-order valence-corrected chi connectivity index (χ4v) is 4.45. The SMILES string of the molecule is C[C@H]1CN(c2cc(=O)n(C)c3ccc(C#N)nc23)[C@@H](C)CN1Cc1nnnn1C1CC1. The Hall–Kier alpha value is -3.32. The van der Waals surface area contributed by atoms with Gasteiger partial charge >= 0.3 is 0 Å². The number of aromatic nitrogens is 6. The van der Waals surface area contributed by atoms with E-state index >= 15 is 0 Å². The molecule has 31 heavy (non-hydrogen) atoms. The van der Waals surface area contributed by atoms with Crippen molar-refractivity contribution in [3.63, 3.8) is 0 Å². The first kappa shape index (κ1) is 19.6. The number of rotatable bonds is 4. The second-order valence-corrected chi connectivity index (χ2v) is 8.65. The predicted octanol–water partition coefficient (Wildman–Crippen LogP) is 1.23. The Morgan fingerprint density at radius 3 is 2.74 bits per heavy atom. The highest BCUT2D eigenvalue weighted by Crippen LogP contribution is 2.35. The monoisotopic (exact) mass is 419 g/mol. The second kappa shape index (κ2) is 7.42. The maximum Gasteiger partial charge on any atom is 0.252 e. The molecule has 0 radical (unpaired) electrons. The van der Waals surface area contributed by atoms with E-state index < -0.39 is 0 Å². The van der Waals surface area contributed by atoms with Crippen LogP contribution in [0.2, 0.25) is 0 Å². The molecule has 2 fully saturated rings. The Bertz CT molecular complexity index is 1240. The van der Waals surface area contributed by atoms with Crippen molar-refractivity contribution in [1.82, 2.24) is 34.7 Å². The minimum Gasteiger partial charge on any atom is -0.364 e. The molecular formula is C21H25N9O. The van der Waals surface area contributed by atoms with E-state index in [9.17, 15) is 10.1 Å². The Balaban J connectivity index is 1.45. The van der Waals surface area contributed by atoms with E-state index in [-0.39, 0.29) is 17.6 Å². The lowest BCUT2D eigenvalue weighted by atomic mass is 10.1. The van der Waals surface area contributed by atoms with Gasteiger partial charge in [0.1, 0.15) is 17.3 Å². The Kier molecular flexibility index (Phi) is 4.70. The highest BCUT2D eigenvalue weighted by atomic mass is 16.1. The molecule has 0 aromatic carbocycles. The standard InChI is InChI=1S/C21H25N9O/c1-13-11-29(14(2)10-28(13)12-19-24-25-26-30(19)16-5-6-16)18-8-20(31)27(3)17-7-4-15(9-22)23-21(17)18/h4,7-8,13-14,16H,5-6,10-12H2,1-3H3/t13-,14-/m0/s1. The number of nitriles is 1. The smallest absolute Gasteiger partial charge is 0.252 e. The average Bonchev–Trinajstić information content (AvgIpc) is 3.51. The number of tetrazole rings is 1. The Morgan fingerprint density at radius 2 is 2.00 bits per heavy atom. The molecule has 1 saturated carbocycles. The van der Waals surface area contributed by atoms with Crippen LogP contribution in [0.15, 0.2) is 23.0 Å². The first-order valence-corrected chi connectivity index (χ1v) is 10.6. The largest absolute Gasteiger partial charge is 0.364 e. The van der Waals surface area contributed by atoms with Crippen LogP contribution in [0.5, 0.6) is 0 Å². The quantitative estimate of drug-likeness (QED) is 0.621. The molecule has 3 aromatic heterocycles. The van der Waals surface area contributed by atoms with E-state index in [1.807, 2.05) is 4.68 Å². The van der Waals surface area contributed by atoms with E-state index in [2.05, 4.69) is 50.2 Å². The minimum atomic E-state index is -0.0834. The number of fused-ring (bicyclic) bond motifs is 1. The van der Waals surface area contributed by atoms with Crippen LogP contribution in [0.4, 0.5) is 5.69 Å². The van der Waals surface area contributed by atoms with Gasteiger partial charge in [-0.25, -0.2) is 9.67 Å². The molecule has 10 heteroatoms. The molecule has 5 rings (SSSR count). The Morgan fingerprint density at radius 1 is 1.19 bits per heavy atom. The summed E-state index contributed by atoms with van der Waals surface area (Å²) in [6.45, 7) is 6.60. The summed E-state index contributed by atoms with van der Waals surface area (Å²) in [4.78, 5) is 21.8. The summed E-state index contributed by atoms with van der Waals surface area (Å²) in [5, 5.41) is 21.6. The maximum atomic E-state index is 12.6. The van der Waals surface area contributed by atoms with Crippen LogP contribution >= 0.6 is 0 Å². The zero-order chi connectivity index (χ0) is 21.7. The molecule has 4 heterocycles. The molecule has 1 saturated heterocycles. The van der Waals surface area contributed by atoms with Crippen molar-refractivity contribution in [3.05, 3.63) is 40.1 Å². The van der Waals surface area contributed by atoms with Crippen LogP contribution < -0.4 is 10.5 Å². The lowest BCUT2D eigenvalue weighted by molar-refractivity contribution is 0.151. The summed E-state index contributed by atoms with van der Waals surface area (Å²) >= 11 is 0. The van der Waals surface area contributed by atoms with Crippen molar-refractivity contribution in [3.8, 4) is 6.07 Å². The third-order valence-corrected chi connectivity index (χ3v) is 6.41. The lowest BCUT2D eigenvalue weighted by Crippen LogP contribution is -2.56. The van der Waals surface area contributed by atoms with Crippen molar-refractivity contribution in [2.75, 3.05) is 18.0 Å². The molecule has 10 nitrogen and oxygen atoms in total. The van der Waals surface area contributed by atoms with Gasteiger partial charge in [0.2, 0.25) is 0 Å². The van der Waals surface area contributed by atoms with Crippen molar-refractivity contribution in [1.29, 1.82) is 5.26 Å². The van der Waals surface area contributed by atoms with E-state index in [4.69, 9.17) is 0 Å². The average molecular weight is 419 g/mol. The van der Waals surface area contributed by atoms with E-state index in [0.29, 0.717) is 23.8 Å². The molecule has 0 bridgehead atoms. The lowest BCUT2D eigenvalue weighted by Gasteiger charge is -2.45. The summed E-state index contributed by atoms with van der Waals surface area (Å²) in [5.41, 5.74) is 2.47. The van der Waals surface area contributed by atoms with Crippen molar-refractivity contribution >= 4 is 16.7 Å². The number of nitrogens with zero attached hydrogens (tertiary/aromatic N) is 9. The molecule has 0 N–H and O–H groups in total. The zero-order valence-electron chi connectivity index (χ0n) is 17.9. The number of aryl methyl sites for hydroxylation is 1. The zero-order valence-corrected chi connectivity index (χ0v) is 17.9. The van der Waals surface area contributed by atoms with Gasteiger partial charge in [-0.1, -0.05) is 0 Å². The normalized spacial score (nSPS) is 22.1. The van der Waals surface area contributed by atoms with Gasteiger partial charge in [0, 0.05) is 38.3 Å². The van der Waals surface area contributed by atoms with Gasteiger partial charge in [-0.15, -0.1) is 5.10 Å². The molecule has 0 spiro atoms. The Labute approximate surface area is 179 Å². The van der Waals surface area contributed by atoms with E-state index in [1.165, 1.54) is 0 Å². The number of anilines is 1. The topological polar surface area (TPSA) is 109 Å². The first-order chi connectivity index (χ1) is 15.0. The van der Waals surface area contributed by atoms with E-state index in [1.54, 1.807) is 29.8 Å². The van der Waals surface area contributed by atoms with E-state index in [0.717, 1.165) is 43.0 Å². The summed E-state index contributed by atoms with van der Waals surface area (Å²) in [6, 6.07) is 8.04. The third kappa shape index (κ3) is 3.45. The molecule has 1 aliphatic carbocycles. The number of hydrogen-bond donors (Lipinski definition) is 0. The first-order valence-electron chi connectivity index (χ1n) is 10.6. The van der Waals surface area contributed by atoms with Crippen LogP contribution in [0.3, 0.4) is 0 Å². The molecule has 2 atom stereocenters. The summed E-state index contributed by atoms with van der Waals surface area (Å²) < 4.78 is 3.54. The molecule has 0 unspecified atom stereocenters. The van der Waals surface area contributed by atoms with Gasteiger partial charge in [-0.3, -0.25) is 9.69 Å². The van der Waals surface area contributed by atoms with Gasteiger partial charge in [-0.05, 0) is 49.2 Å². The summed E-state index contributed by atoms with van der Waals surface area (Å²) in [5.74, 6) is 0.911. The van der Waals surface area contributed by atoms with Gasteiger partial charge < -0.3 is 9.47 Å². The molecular weight excluding hydrogens is 394 g/mol. The number of piperazine rings is 1. The fourth-order valence-electron chi connectivity index (χ4n) is 4.45. The third-order valence-electron chi connectivity index (χ3n) is 6.41. The molecule has 0 amide bonds. The second-order valence-electron chi connectivity index (χ2n) is 8.65. The van der Waals surface area contributed by atoms with Gasteiger partial charge in [0.25, 0.3) is 5.56 Å². The molecule has 1 aliphatic heterocycles. The summed E-state index contributed by atoms with van der Waals surface area (Å²) in [7, 11) is 1.73. The number of hydrogen-bond acceptors (Lipinski definition) is 8. The maximum absolute atomic E-state index is 12.6. The number of pyridine rings is 2. The van der Waals surface area contributed by atoms with Gasteiger partial charge in [0.05, 0.1) is 23.8 Å². The van der Waals surface area contributed by atoms with Crippen LogP contribution in [-0.2, 0) is 13.6 Å². The van der Waals surface area contributed by atoms with Crippen LogP contribution in [0, 0.1) is 11.3 Å². The van der Waals surface area contributed by atoms with Gasteiger partial charge in [0.15, 0.2) is 5.82 Å². The molecule has 2 aliphatic rings. The molecule has 3 aromatic rings. The van der Waals surface area contributed by atoms with Crippen molar-refractivity contribution in [2.24, 2.45) is 7.05 Å². The highest BCUT2D eigenvalue weighted by molar-refractivity contribution is 5.89. The van der Waals surface area contributed by atoms with Crippen molar-refractivity contribution in [2.45, 2.75) is 51.4 Å². The highest BCUT2D eigenvalue weighted by Gasteiger charge is 2.33. The molecule has 160 valence electrons. The van der Waals surface area contributed by atoms with Crippen LogP contribution in [0.25, 0.3) is 11.0 Å². The predicted molar refractivity (Wildman–Crippen MR) is 114 cm³/mol. The summed E-state index contributed by atoms with van der Waals surface area (Å²) in [6.07, 6.45) is 2.29. The van der Waals surface area contributed by atoms with Crippen LogP contribution in [-0.4, -0.2) is 59.8 Å². The van der Waals surface area contributed by atoms with Crippen molar-refractivity contribution < 1.29 is 0 Å². The fraction of sp³-hybridized carbons (Fsp3) is 0.524. The van der Waals surface area contributed by atoms with Gasteiger partial charge in [-0.2, -0.15) is 5.26 Å².